The van der Waals surface area contributed by atoms with E-state index >= 15 is 0 Å². The zero-order chi connectivity index (χ0) is 16.2. The molecule has 1 N–H and O–H groups in total. The summed E-state index contributed by atoms with van der Waals surface area (Å²) in [6.45, 7) is 1.81. The molecule has 3 heterocycles. The maximum absolute atomic E-state index is 12.1. The van der Waals surface area contributed by atoms with Gasteiger partial charge in [0.15, 0.2) is 5.78 Å². The van der Waals surface area contributed by atoms with Crippen LogP contribution in [0.15, 0.2) is 36.1 Å². The van der Waals surface area contributed by atoms with E-state index in [1.54, 1.807) is 30.7 Å². The summed E-state index contributed by atoms with van der Waals surface area (Å²) in [6, 6.07) is 3.32. The Morgan fingerprint density at radius 2 is 2.04 bits per heavy atom. The molecule has 0 aromatic carbocycles. The molecule has 3 rings (SSSR count). The molecule has 0 unspecified atom stereocenters. The maximum Gasteiger partial charge on any atom is 0.261 e. The van der Waals surface area contributed by atoms with E-state index in [-0.39, 0.29) is 11.7 Å². The summed E-state index contributed by atoms with van der Waals surface area (Å²) in [5.41, 5.74) is 1.46. The lowest BCUT2D eigenvalue weighted by molar-refractivity contribution is 0.0954. The average molecular weight is 344 g/mol. The second kappa shape index (κ2) is 6.76. The van der Waals surface area contributed by atoms with Gasteiger partial charge in [0, 0.05) is 17.8 Å². The molecular weight excluding hydrogens is 332 g/mol. The number of ketones is 1. The summed E-state index contributed by atoms with van der Waals surface area (Å²) in [7, 11) is 0. The molecule has 0 bridgehead atoms. The van der Waals surface area contributed by atoms with Gasteiger partial charge >= 0.3 is 0 Å². The minimum absolute atomic E-state index is 0.0397. The highest BCUT2D eigenvalue weighted by Gasteiger charge is 2.12. The van der Waals surface area contributed by atoms with Crippen molar-refractivity contribution in [1.29, 1.82) is 0 Å². The number of rotatable bonds is 5. The van der Waals surface area contributed by atoms with E-state index in [9.17, 15) is 9.59 Å². The molecule has 0 saturated carbocycles. The molecule has 0 radical (unpaired) electrons. The smallest absolute Gasteiger partial charge is 0.261 e. The number of carbonyl (C=O) groups excluding carboxylic acids is 2. The van der Waals surface area contributed by atoms with Crippen LogP contribution >= 0.6 is 22.7 Å². The molecule has 0 spiro atoms. The van der Waals surface area contributed by atoms with Gasteiger partial charge < -0.3 is 5.32 Å². The maximum atomic E-state index is 12.1. The average Bonchev–Trinajstić information content (AvgIpc) is 3.23. The van der Waals surface area contributed by atoms with Crippen LogP contribution < -0.4 is 5.32 Å². The van der Waals surface area contributed by atoms with Crippen molar-refractivity contribution in [2.45, 2.75) is 13.5 Å². The molecule has 0 saturated heterocycles. The number of hydrogen-bond acceptors (Lipinski definition) is 7. The molecule has 0 aliphatic rings. The second-order valence-corrected chi connectivity index (χ2v) is 6.58. The predicted molar refractivity (Wildman–Crippen MR) is 88.6 cm³/mol. The lowest BCUT2D eigenvalue weighted by Crippen LogP contribution is -2.21. The summed E-state index contributed by atoms with van der Waals surface area (Å²) >= 11 is 2.64. The predicted octanol–water partition coefficient (Wildman–Crippen LogP) is 2.79. The van der Waals surface area contributed by atoms with Crippen molar-refractivity contribution in [2.24, 2.45) is 0 Å². The lowest BCUT2D eigenvalue weighted by Gasteiger charge is -2.00. The molecule has 1 amide bonds. The van der Waals surface area contributed by atoms with Crippen molar-refractivity contribution in [1.82, 2.24) is 20.3 Å². The highest BCUT2D eigenvalue weighted by atomic mass is 32.1. The Kier molecular flexibility index (Phi) is 4.54. The standard InChI is InChI=1S/C15H12N4O2S2/c1-9(20)12-2-3-13(23-12)14(21)18-6-10-8-22-15(19-10)11-7-16-4-5-17-11/h2-5,7-8H,6H2,1H3,(H,18,21). The first kappa shape index (κ1) is 15.4. The van der Waals surface area contributed by atoms with Gasteiger partial charge in [-0.1, -0.05) is 0 Å². The molecule has 3 aromatic rings. The number of Topliss-reactive ketones (excluding diaryl/α,β-unsaturated/α-hetero) is 1. The molecule has 0 aliphatic heterocycles. The molecule has 3 aromatic heterocycles. The van der Waals surface area contributed by atoms with Crippen LogP contribution in [-0.2, 0) is 6.54 Å². The van der Waals surface area contributed by atoms with Gasteiger partial charge in [-0.2, -0.15) is 0 Å². The van der Waals surface area contributed by atoms with Gasteiger partial charge in [0.05, 0.1) is 28.2 Å². The summed E-state index contributed by atoms with van der Waals surface area (Å²) in [5.74, 6) is -0.251. The molecule has 0 aliphatic carbocycles. The van der Waals surface area contributed by atoms with Gasteiger partial charge in [0.25, 0.3) is 5.91 Å². The number of thiophene rings is 1. The summed E-state index contributed by atoms with van der Waals surface area (Å²) < 4.78 is 0. The zero-order valence-corrected chi connectivity index (χ0v) is 13.8. The summed E-state index contributed by atoms with van der Waals surface area (Å²) in [4.78, 5) is 37.1. The van der Waals surface area contributed by atoms with Crippen molar-refractivity contribution in [3.05, 3.63) is 51.6 Å². The molecule has 6 nitrogen and oxygen atoms in total. The number of carbonyl (C=O) groups is 2. The van der Waals surface area contributed by atoms with Crippen LogP contribution in [0.3, 0.4) is 0 Å². The first-order valence-electron chi connectivity index (χ1n) is 6.73. The molecule has 0 atom stereocenters. The molecule has 23 heavy (non-hydrogen) atoms. The minimum Gasteiger partial charge on any atom is -0.346 e. The SMILES string of the molecule is CC(=O)c1ccc(C(=O)NCc2csc(-c3cnccn3)n2)s1. The van der Waals surface area contributed by atoms with E-state index < -0.39 is 0 Å². The summed E-state index contributed by atoms with van der Waals surface area (Å²) in [5, 5.41) is 5.44. The van der Waals surface area contributed by atoms with Gasteiger partial charge in [0.2, 0.25) is 0 Å². The monoisotopic (exact) mass is 344 g/mol. The van der Waals surface area contributed by atoms with Gasteiger partial charge in [-0.3, -0.25) is 19.6 Å². The molecule has 0 fully saturated rings. The Morgan fingerprint density at radius 3 is 2.74 bits per heavy atom. The topological polar surface area (TPSA) is 84.8 Å². The molecular formula is C15H12N4O2S2. The van der Waals surface area contributed by atoms with Crippen molar-refractivity contribution in [2.75, 3.05) is 0 Å². The zero-order valence-electron chi connectivity index (χ0n) is 12.1. The fourth-order valence-electron chi connectivity index (χ4n) is 1.82. The summed E-state index contributed by atoms with van der Waals surface area (Å²) in [6.07, 6.45) is 4.87. The molecule has 116 valence electrons. The van der Waals surface area contributed by atoms with Crippen molar-refractivity contribution in [3.63, 3.8) is 0 Å². The fraction of sp³-hybridized carbons (Fsp3) is 0.133. The van der Waals surface area contributed by atoms with Gasteiger partial charge in [-0.15, -0.1) is 22.7 Å². The first-order chi connectivity index (χ1) is 11.1. The van der Waals surface area contributed by atoms with Crippen LogP contribution in [0.4, 0.5) is 0 Å². The third kappa shape index (κ3) is 3.66. The number of amides is 1. The Bertz CT molecular complexity index is 842. The quantitative estimate of drug-likeness (QED) is 0.719. The normalized spacial score (nSPS) is 10.5. The van der Waals surface area contributed by atoms with Crippen LogP contribution in [-0.4, -0.2) is 26.6 Å². The third-order valence-electron chi connectivity index (χ3n) is 2.94. The first-order valence-corrected chi connectivity index (χ1v) is 8.43. The van der Waals surface area contributed by atoms with Crippen molar-refractivity contribution < 1.29 is 9.59 Å². The number of thiazole rings is 1. The van der Waals surface area contributed by atoms with Crippen LogP contribution in [0.25, 0.3) is 10.7 Å². The minimum atomic E-state index is -0.212. The van der Waals surface area contributed by atoms with Crippen LogP contribution in [0.1, 0.15) is 32.0 Å². The Morgan fingerprint density at radius 1 is 1.22 bits per heavy atom. The second-order valence-electron chi connectivity index (χ2n) is 4.64. The Labute approximate surface area is 140 Å². The largest absolute Gasteiger partial charge is 0.346 e. The van der Waals surface area contributed by atoms with Crippen LogP contribution in [0.2, 0.25) is 0 Å². The number of nitrogens with one attached hydrogen (secondary N) is 1. The third-order valence-corrected chi connectivity index (χ3v) is 5.04. The van der Waals surface area contributed by atoms with E-state index in [4.69, 9.17) is 0 Å². The van der Waals surface area contributed by atoms with E-state index in [0.29, 0.717) is 22.0 Å². The van der Waals surface area contributed by atoms with Gasteiger partial charge in [0.1, 0.15) is 10.7 Å². The fourth-order valence-corrected chi connectivity index (χ4v) is 3.42. The number of aromatic nitrogens is 3. The highest BCUT2D eigenvalue weighted by Crippen LogP contribution is 2.21. The van der Waals surface area contributed by atoms with E-state index in [1.165, 1.54) is 29.6 Å². The van der Waals surface area contributed by atoms with E-state index in [2.05, 4.69) is 20.3 Å². The van der Waals surface area contributed by atoms with Gasteiger partial charge in [-0.05, 0) is 19.1 Å². The van der Waals surface area contributed by atoms with Crippen molar-refractivity contribution in [3.8, 4) is 10.7 Å². The van der Waals surface area contributed by atoms with E-state index in [1.807, 2.05) is 5.38 Å². The number of nitrogens with zero attached hydrogens (tertiary/aromatic N) is 3. The van der Waals surface area contributed by atoms with Crippen molar-refractivity contribution >= 4 is 34.4 Å². The highest BCUT2D eigenvalue weighted by molar-refractivity contribution is 7.16. The Hall–Kier alpha value is -2.45. The number of hydrogen-bond donors (Lipinski definition) is 1. The Balaban J connectivity index is 1.63. The van der Waals surface area contributed by atoms with Gasteiger partial charge in [-0.25, -0.2) is 4.98 Å². The van der Waals surface area contributed by atoms with E-state index in [0.717, 1.165) is 10.7 Å². The van der Waals surface area contributed by atoms with Crippen LogP contribution in [0, 0.1) is 0 Å². The van der Waals surface area contributed by atoms with Crippen LogP contribution in [0.5, 0.6) is 0 Å². The lowest BCUT2D eigenvalue weighted by atomic mass is 10.3. The molecule has 8 heteroatoms.